The Bertz CT molecular complexity index is 414. The molecule has 1 aromatic rings. The van der Waals surface area contributed by atoms with Crippen LogP contribution in [0.5, 0.6) is 0 Å². The molecule has 0 aromatic carbocycles. The van der Waals surface area contributed by atoms with Gasteiger partial charge in [0.2, 0.25) is 0 Å². The van der Waals surface area contributed by atoms with Gasteiger partial charge >= 0.3 is 0 Å². The van der Waals surface area contributed by atoms with Crippen molar-refractivity contribution >= 4 is 29.1 Å². The lowest BCUT2D eigenvalue weighted by molar-refractivity contribution is 1.22. The summed E-state index contributed by atoms with van der Waals surface area (Å²) in [6.07, 6.45) is 0. The van der Waals surface area contributed by atoms with Gasteiger partial charge in [-0.25, -0.2) is 0 Å². The Hall–Kier alpha value is -1.85. The van der Waals surface area contributed by atoms with Crippen LogP contribution in [0.15, 0.2) is 0 Å². The first-order valence-corrected chi connectivity index (χ1v) is 3.61. The summed E-state index contributed by atoms with van der Waals surface area (Å²) in [7, 11) is 1.61. The van der Waals surface area contributed by atoms with E-state index in [2.05, 4.69) is 25.0 Å². The normalized spacial score (nSPS) is 8.62. The molecule has 6 heteroatoms. The molecule has 0 bridgehead atoms. The van der Waals surface area contributed by atoms with E-state index in [9.17, 15) is 0 Å². The minimum atomic E-state index is -0.0704. The highest BCUT2D eigenvalue weighted by Gasteiger charge is 2.15. The molecule has 5 nitrogen and oxygen atoms in total. The molecular weight excluding hydrogens is 190 g/mol. The number of aromatic nitrogens is 2. The molecule has 1 aromatic heterocycles. The van der Waals surface area contributed by atoms with Crippen LogP contribution >= 0.6 is 11.6 Å². The second kappa shape index (κ2) is 3.70. The monoisotopic (exact) mass is 193 g/mol. The van der Waals surface area contributed by atoms with Crippen molar-refractivity contribution in [2.75, 3.05) is 12.4 Å². The third kappa shape index (κ3) is 1.66. The topological polar surface area (TPSA) is 46.5 Å². The first-order chi connectivity index (χ1) is 6.22. The highest BCUT2D eigenvalue weighted by molar-refractivity contribution is 6.31. The summed E-state index contributed by atoms with van der Waals surface area (Å²) < 4.78 is 0. The second-order valence-electron chi connectivity index (χ2n) is 1.98. The maximum Gasteiger partial charge on any atom is 0.295 e. The maximum absolute atomic E-state index is 6.74. The molecule has 0 saturated heterocycles. The lowest BCUT2D eigenvalue weighted by Gasteiger charge is -1.96. The van der Waals surface area contributed by atoms with Gasteiger partial charge in [-0.15, -0.1) is 9.97 Å². The zero-order chi connectivity index (χ0) is 9.84. The fourth-order valence-electron chi connectivity index (χ4n) is 0.707. The van der Waals surface area contributed by atoms with Gasteiger partial charge in [0, 0.05) is 7.05 Å². The van der Waals surface area contributed by atoms with Crippen LogP contribution in [0.2, 0.25) is 5.15 Å². The van der Waals surface area contributed by atoms with E-state index in [4.69, 9.17) is 24.7 Å². The fraction of sp³-hybridized carbons (Fsp3) is 0.143. The molecule has 0 aliphatic heterocycles. The third-order valence-electron chi connectivity index (χ3n) is 1.27. The molecule has 0 spiro atoms. The third-order valence-corrected chi connectivity index (χ3v) is 1.53. The van der Waals surface area contributed by atoms with E-state index < -0.39 is 0 Å². The van der Waals surface area contributed by atoms with Crippen LogP contribution in [-0.2, 0) is 0 Å². The van der Waals surface area contributed by atoms with Gasteiger partial charge in [0.15, 0.2) is 0 Å². The van der Waals surface area contributed by atoms with Crippen LogP contribution in [0.3, 0.4) is 0 Å². The molecule has 1 rings (SSSR count). The second-order valence-corrected chi connectivity index (χ2v) is 2.34. The smallest absolute Gasteiger partial charge is 0.295 e. The number of nitrogens with one attached hydrogen (secondary N) is 1. The van der Waals surface area contributed by atoms with Gasteiger partial charge in [-0.1, -0.05) is 13.1 Å². The first-order valence-electron chi connectivity index (χ1n) is 3.23. The largest absolute Gasteiger partial charge is 0.370 e. The quantitative estimate of drug-likeness (QED) is 0.696. The van der Waals surface area contributed by atoms with Crippen molar-refractivity contribution in [3.8, 4) is 0 Å². The standard InChI is InChI=1S/C7H4ClN5/c1-9-5-4(8)12-6(10-2)7(11-3)13-5/h1H3,(H,9,13). The minimum absolute atomic E-state index is 0.0382. The molecule has 13 heavy (non-hydrogen) atoms. The fourth-order valence-corrected chi connectivity index (χ4v) is 0.924. The molecule has 0 saturated carbocycles. The summed E-state index contributed by atoms with van der Waals surface area (Å²) >= 11 is 5.65. The zero-order valence-corrected chi connectivity index (χ0v) is 7.42. The molecule has 0 aliphatic carbocycles. The highest BCUT2D eigenvalue weighted by atomic mass is 35.5. The van der Waals surface area contributed by atoms with Crippen LogP contribution in [0.25, 0.3) is 9.69 Å². The predicted molar refractivity (Wildman–Crippen MR) is 49.1 cm³/mol. The van der Waals surface area contributed by atoms with Gasteiger partial charge in [-0.05, 0) is 11.6 Å². The molecule has 0 unspecified atom stereocenters. The number of hydrogen-bond donors (Lipinski definition) is 1. The van der Waals surface area contributed by atoms with E-state index in [0.717, 1.165) is 0 Å². The molecule has 1 N–H and O–H groups in total. The lowest BCUT2D eigenvalue weighted by Crippen LogP contribution is -1.94. The van der Waals surface area contributed by atoms with Gasteiger partial charge in [0.05, 0.1) is 0 Å². The number of halogens is 1. The van der Waals surface area contributed by atoms with E-state index >= 15 is 0 Å². The van der Waals surface area contributed by atoms with Crippen LogP contribution in [0.4, 0.5) is 17.5 Å². The summed E-state index contributed by atoms with van der Waals surface area (Å²) in [6.45, 7) is 13.5. The summed E-state index contributed by atoms with van der Waals surface area (Å²) in [5.41, 5.74) is 0. The van der Waals surface area contributed by atoms with Crippen LogP contribution in [0, 0.1) is 13.1 Å². The van der Waals surface area contributed by atoms with Crippen LogP contribution in [-0.4, -0.2) is 17.0 Å². The average Bonchev–Trinajstić information content (AvgIpc) is 2.17. The van der Waals surface area contributed by atoms with Gasteiger partial charge in [-0.2, -0.15) is 0 Å². The Morgan fingerprint density at radius 2 is 1.77 bits per heavy atom. The first kappa shape index (κ1) is 9.24. The number of rotatable bonds is 1. The summed E-state index contributed by atoms with van der Waals surface area (Å²) in [5, 5.41) is 2.77. The molecule has 64 valence electrons. The van der Waals surface area contributed by atoms with Gasteiger partial charge in [0.1, 0.15) is 0 Å². The van der Waals surface area contributed by atoms with E-state index in [1.807, 2.05) is 0 Å². The SMILES string of the molecule is [C-]#[N+]c1nc(Cl)c(NC)nc1[N+]#[C-]. The van der Waals surface area contributed by atoms with E-state index in [0.29, 0.717) is 5.82 Å². The van der Waals surface area contributed by atoms with Crippen molar-refractivity contribution in [3.63, 3.8) is 0 Å². The van der Waals surface area contributed by atoms with Crippen molar-refractivity contribution in [1.29, 1.82) is 0 Å². The summed E-state index contributed by atoms with van der Waals surface area (Å²) in [4.78, 5) is 13.6. The van der Waals surface area contributed by atoms with Gasteiger partial charge in [-0.3, -0.25) is 0 Å². The van der Waals surface area contributed by atoms with Crippen LogP contribution < -0.4 is 5.32 Å². The van der Waals surface area contributed by atoms with Crippen molar-refractivity contribution < 1.29 is 0 Å². The maximum atomic E-state index is 6.74. The molecule has 0 atom stereocenters. The van der Waals surface area contributed by atoms with Crippen LogP contribution in [0.1, 0.15) is 0 Å². The molecule has 0 amide bonds. The molecule has 1 heterocycles. The Kier molecular flexibility index (Phi) is 2.63. The highest BCUT2D eigenvalue weighted by Crippen LogP contribution is 2.29. The van der Waals surface area contributed by atoms with E-state index in [1.54, 1.807) is 7.05 Å². The van der Waals surface area contributed by atoms with Crippen molar-refractivity contribution in [2.24, 2.45) is 0 Å². The van der Waals surface area contributed by atoms with Crippen molar-refractivity contribution in [1.82, 2.24) is 9.97 Å². The minimum Gasteiger partial charge on any atom is -0.370 e. The molecular formula is C7H4ClN5. The average molecular weight is 194 g/mol. The molecule has 0 radical (unpaired) electrons. The van der Waals surface area contributed by atoms with E-state index in [-0.39, 0.29) is 16.8 Å². The van der Waals surface area contributed by atoms with Gasteiger partial charge < -0.3 is 15.0 Å². The molecule has 0 fully saturated rings. The Balaban J connectivity index is 3.39. The number of nitrogens with zero attached hydrogens (tertiary/aromatic N) is 4. The zero-order valence-electron chi connectivity index (χ0n) is 6.67. The van der Waals surface area contributed by atoms with Crippen molar-refractivity contribution in [2.45, 2.75) is 0 Å². The van der Waals surface area contributed by atoms with Crippen molar-refractivity contribution in [3.05, 3.63) is 28.0 Å². The lowest BCUT2D eigenvalue weighted by atomic mass is 10.5. The summed E-state index contributed by atoms with van der Waals surface area (Å²) in [6, 6.07) is 0. The van der Waals surface area contributed by atoms with Gasteiger partial charge in [0.25, 0.3) is 22.6 Å². The van der Waals surface area contributed by atoms with E-state index in [1.165, 1.54) is 0 Å². The number of hydrogen-bond acceptors (Lipinski definition) is 3. The molecule has 0 aliphatic rings. The predicted octanol–water partition coefficient (Wildman–Crippen LogP) is 2.27. The number of anilines is 1. The Morgan fingerprint density at radius 3 is 2.23 bits per heavy atom. The Morgan fingerprint density at radius 1 is 1.23 bits per heavy atom. The Labute approximate surface area is 80.0 Å². The summed E-state index contributed by atoms with van der Waals surface area (Å²) in [5.74, 6) is 0.197.